The third-order valence-corrected chi connectivity index (χ3v) is 4.37. The zero-order valence-electron chi connectivity index (χ0n) is 11.1. The Balaban J connectivity index is 1.97. The van der Waals surface area contributed by atoms with Gasteiger partial charge >= 0.3 is 6.18 Å². The van der Waals surface area contributed by atoms with Gasteiger partial charge in [0, 0.05) is 16.3 Å². The van der Waals surface area contributed by atoms with E-state index in [1.165, 1.54) is 12.1 Å². The van der Waals surface area contributed by atoms with Crippen LogP contribution in [0.1, 0.15) is 11.1 Å². The Morgan fingerprint density at radius 2 is 1.52 bits per heavy atom. The molecule has 0 amide bonds. The fourth-order valence-electron chi connectivity index (χ4n) is 1.81. The second-order valence-electron chi connectivity index (χ2n) is 4.56. The van der Waals surface area contributed by atoms with Crippen LogP contribution in [0.4, 0.5) is 18.9 Å². The molecule has 0 aliphatic rings. The van der Waals surface area contributed by atoms with E-state index in [0.29, 0.717) is 22.8 Å². The fraction of sp³-hybridized carbons (Fsp3) is 0.200. The Labute approximate surface area is 123 Å². The monoisotopic (exact) mass is 313 g/mol. The van der Waals surface area contributed by atoms with Crippen molar-refractivity contribution in [1.29, 1.82) is 0 Å². The number of hydrogen-bond acceptors (Lipinski definition) is 2. The number of nitrogen functional groups attached to an aromatic ring is 1. The molecular weight excluding hydrogens is 299 g/mol. The van der Waals surface area contributed by atoms with Gasteiger partial charge in [0.05, 0.1) is 16.4 Å². The first kappa shape index (κ1) is 15.6. The summed E-state index contributed by atoms with van der Waals surface area (Å²) in [5, 5.41) is 0. The Morgan fingerprint density at radius 3 is 2.05 bits per heavy atom. The number of anilines is 1. The van der Waals surface area contributed by atoms with Crippen LogP contribution in [-0.2, 0) is 23.4 Å². The molecule has 6 heteroatoms. The summed E-state index contributed by atoms with van der Waals surface area (Å²) in [6, 6.07) is 11.7. The average Bonchev–Trinajstić information content (AvgIpc) is 2.45. The molecule has 0 fully saturated rings. The number of alkyl halides is 3. The maximum Gasteiger partial charge on any atom is 0.416 e. The molecule has 0 saturated carbocycles. The van der Waals surface area contributed by atoms with Gasteiger partial charge in [-0.1, -0.05) is 12.1 Å². The summed E-state index contributed by atoms with van der Waals surface area (Å²) in [4.78, 5) is 0.663. The molecule has 0 aliphatic carbocycles. The van der Waals surface area contributed by atoms with Gasteiger partial charge < -0.3 is 5.73 Å². The summed E-state index contributed by atoms with van der Waals surface area (Å²) < 4.78 is 49.3. The van der Waals surface area contributed by atoms with Crippen molar-refractivity contribution in [2.45, 2.75) is 17.5 Å². The summed E-state index contributed by atoms with van der Waals surface area (Å²) in [6.45, 7) is 0. The van der Waals surface area contributed by atoms with E-state index in [9.17, 15) is 17.4 Å². The van der Waals surface area contributed by atoms with Crippen LogP contribution in [-0.4, -0.2) is 9.96 Å². The molecular formula is C15H14F3NOS. The zero-order chi connectivity index (χ0) is 15.5. The minimum atomic E-state index is -4.33. The molecule has 0 bridgehead atoms. The largest absolute Gasteiger partial charge is 0.416 e. The number of hydrogen-bond donors (Lipinski definition) is 1. The first-order chi connectivity index (χ1) is 9.86. The van der Waals surface area contributed by atoms with Crippen molar-refractivity contribution in [2.24, 2.45) is 0 Å². The van der Waals surface area contributed by atoms with E-state index in [1.54, 1.807) is 24.3 Å². The van der Waals surface area contributed by atoms with Gasteiger partial charge in [-0.2, -0.15) is 13.2 Å². The molecule has 2 N–H and O–H groups in total. The molecule has 0 spiro atoms. The van der Waals surface area contributed by atoms with E-state index >= 15 is 0 Å². The van der Waals surface area contributed by atoms with Crippen LogP contribution >= 0.6 is 0 Å². The van der Waals surface area contributed by atoms with Crippen LogP contribution < -0.4 is 5.73 Å². The smallest absolute Gasteiger partial charge is 0.399 e. The van der Waals surface area contributed by atoms with Crippen molar-refractivity contribution in [3.05, 3.63) is 59.7 Å². The highest BCUT2D eigenvalue weighted by atomic mass is 32.2. The molecule has 0 radical (unpaired) electrons. The Hall–Kier alpha value is -1.82. The summed E-state index contributed by atoms with van der Waals surface area (Å²) in [5.74, 6) is 0.356. The molecule has 2 rings (SSSR count). The average molecular weight is 313 g/mol. The SMILES string of the molecule is Nc1ccc(S(=O)CCc2ccc(C(F)(F)F)cc2)cc1. The molecule has 2 aromatic rings. The van der Waals surface area contributed by atoms with E-state index < -0.39 is 22.5 Å². The molecule has 2 aromatic carbocycles. The normalized spacial score (nSPS) is 13.1. The molecule has 21 heavy (non-hydrogen) atoms. The first-order valence-corrected chi connectivity index (χ1v) is 7.58. The van der Waals surface area contributed by atoms with Crippen LogP contribution in [0.2, 0.25) is 0 Å². The molecule has 0 aliphatic heterocycles. The third-order valence-electron chi connectivity index (χ3n) is 3.00. The lowest BCUT2D eigenvalue weighted by atomic mass is 10.1. The standard InChI is InChI=1S/C15H14F3NOS/c16-15(17,18)12-3-1-11(2-4-12)9-10-21(20)14-7-5-13(19)6-8-14/h1-8H,9-10,19H2. The van der Waals surface area contributed by atoms with Crippen molar-refractivity contribution >= 4 is 16.5 Å². The molecule has 1 atom stereocenters. The summed E-state index contributed by atoms with van der Waals surface area (Å²) in [6.07, 6.45) is -3.87. The van der Waals surface area contributed by atoms with E-state index in [1.807, 2.05) is 0 Å². The van der Waals surface area contributed by atoms with E-state index in [2.05, 4.69) is 0 Å². The van der Waals surface area contributed by atoms with Crippen LogP contribution in [0.25, 0.3) is 0 Å². The lowest BCUT2D eigenvalue weighted by molar-refractivity contribution is -0.137. The van der Waals surface area contributed by atoms with Gasteiger partial charge in [-0.05, 0) is 48.4 Å². The predicted molar refractivity (Wildman–Crippen MR) is 77.3 cm³/mol. The van der Waals surface area contributed by atoms with Gasteiger partial charge in [-0.15, -0.1) is 0 Å². The lowest BCUT2D eigenvalue weighted by Crippen LogP contribution is -2.05. The topological polar surface area (TPSA) is 43.1 Å². The number of rotatable bonds is 4. The number of aryl methyl sites for hydroxylation is 1. The van der Waals surface area contributed by atoms with Crippen LogP contribution in [0.3, 0.4) is 0 Å². The van der Waals surface area contributed by atoms with Gasteiger partial charge in [-0.3, -0.25) is 4.21 Å². The minimum Gasteiger partial charge on any atom is -0.399 e. The molecule has 112 valence electrons. The van der Waals surface area contributed by atoms with Crippen molar-refractivity contribution in [1.82, 2.24) is 0 Å². The van der Waals surface area contributed by atoms with Crippen molar-refractivity contribution in [3.63, 3.8) is 0 Å². The Bertz CT molecular complexity index is 621. The highest BCUT2D eigenvalue weighted by molar-refractivity contribution is 7.85. The Morgan fingerprint density at radius 1 is 0.952 bits per heavy atom. The lowest BCUT2D eigenvalue weighted by Gasteiger charge is -2.07. The molecule has 0 heterocycles. The number of benzene rings is 2. The number of nitrogens with two attached hydrogens (primary N) is 1. The van der Waals surface area contributed by atoms with E-state index in [-0.39, 0.29) is 0 Å². The van der Waals surface area contributed by atoms with Gasteiger partial charge in [0.25, 0.3) is 0 Å². The molecule has 0 aromatic heterocycles. The first-order valence-electron chi connectivity index (χ1n) is 6.26. The highest BCUT2D eigenvalue weighted by Gasteiger charge is 2.29. The Kier molecular flexibility index (Phi) is 4.67. The molecule has 2 nitrogen and oxygen atoms in total. The minimum absolute atomic E-state index is 0.356. The second kappa shape index (κ2) is 6.30. The zero-order valence-corrected chi connectivity index (χ0v) is 11.9. The summed E-state index contributed by atoms with van der Waals surface area (Å²) >= 11 is 0. The highest BCUT2D eigenvalue weighted by Crippen LogP contribution is 2.29. The van der Waals surface area contributed by atoms with Gasteiger partial charge in [-0.25, -0.2) is 0 Å². The maximum atomic E-state index is 12.4. The van der Waals surface area contributed by atoms with Crippen LogP contribution in [0.15, 0.2) is 53.4 Å². The summed E-state index contributed by atoms with van der Waals surface area (Å²) in [5.41, 5.74) is 6.20. The molecule has 1 unspecified atom stereocenters. The summed E-state index contributed by atoms with van der Waals surface area (Å²) in [7, 11) is -1.19. The van der Waals surface area contributed by atoms with Crippen molar-refractivity contribution < 1.29 is 17.4 Å². The maximum absolute atomic E-state index is 12.4. The fourth-order valence-corrected chi connectivity index (χ4v) is 2.90. The van der Waals surface area contributed by atoms with Crippen molar-refractivity contribution in [3.8, 4) is 0 Å². The van der Waals surface area contributed by atoms with Gasteiger partial charge in [0.1, 0.15) is 0 Å². The van der Waals surface area contributed by atoms with Crippen LogP contribution in [0, 0.1) is 0 Å². The van der Waals surface area contributed by atoms with E-state index in [4.69, 9.17) is 5.73 Å². The molecule has 0 saturated heterocycles. The van der Waals surface area contributed by atoms with Crippen LogP contribution in [0.5, 0.6) is 0 Å². The van der Waals surface area contributed by atoms with Gasteiger partial charge in [0.2, 0.25) is 0 Å². The predicted octanol–water partition coefficient (Wildman–Crippen LogP) is 3.64. The number of halogens is 3. The van der Waals surface area contributed by atoms with E-state index in [0.717, 1.165) is 17.7 Å². The van der Waals surface area contributed by atoms with Crippen molar-refractivity contribution in [2.75, 3.05) is 11.5 Å². The van der Waals surface area contributed by atoms with Gasteiger partial charge in [0.15, 0.2) is 0 Å². The third kappa shape index (κ3) is 4.32. The quantitative estimate of drug-likeness (QED) is 0.876. The second-order valence-corrected chi connectivity index (χ2v) is 6.13.